The van der Waals surface area contributed by atoms with E-state index in [1.165, 1.54) is 0 Å². The molecule has 0 fully saturated rings. The standard InChI is InChI=1S/C11H14FNO2/c1-8-3-5-9(6-4-8)13-7-11(2,12)10(14)15/h3-6,13H,7H2,1-2H3,(H,14,15). The maximum absolute atomic E-state index is 13.3. The molecule has 0 heterocycles. The van der Waals surface area contributed by atoms with Crippen molar-refractivity contribution in [1.29, 1.82) is 0 Å². The van der Waals surface area contributed by atoms with E-state index in [1.54, 1.807) is 12.1 Å². The number of hydrogen-bond acceptors (Lipinski definition) is 2. The fraction of sp³-hybridized carbons (Fsp3) is 0.364. The van der Waals surface area contributed by atoms with E-state index >= 15 is 0 Å². The van der Waals surface area contributed by atoms with Gasteiger partial charge in [0.1, 0.15) is 0 Å². The second-order valence-electron chi connectivity index (χ2n) is 3.72. The van der Waals surface area contributed by atoms with Gasteiger partial charge in [0, 0.05) is 5.69 Å². The fourth-order valence-corrected chi connectivity index (χ4v) is 1.02. The highest BCUT2D eigenvalue weighted by atomic mass is 19.1. The average molecular weight is 211 g/mol. The number of alkyl halides is 1. The molecule has 0 aliphatic rings. The molecular formula is C11H14FNO2. The minimum absolute atomic E-state index is 0.245. The number of hydrogen-bond donors (Lipinski definition) is 2. The van der Waals surface area contributed by atoms with Crippen LogP contribution in [0.25, 0.3) is 0 Å². The molecule has 82 valence electrons. The highest BCUT2D eigenvalue weighted by molar-refractivity contribution is 5.77. The first kappa shape index (κ1) is 11.5. The van der Waals surface area contributed by atoms with Crippen LogP contribution in [0.4, 0.5) is 10.1 Å². The SMILES string of the molecule is Cc1ccc(NCC(C)(F)C(=O)O)cc1. The van der Waals surface area contributed by atoms with Crippen molar-refractivity contribution in [2.75, 3.05) is 11.9 Å². The molecular weight excluding hydrogens is 197 g/mol. The summed E-state index contributed by atoms with van der Waals surface area (Å²) in [4.78, 5) is 10.5. The zero-order chi connectivity index (χ0) is 11.5. The highest BCUT2D eigenvalue weighted by Crippen LogP contribution is 2.14. The normalized spacial score (nSPS) is 14.3. The van der Waals surface area contributed by atoms with Gasteiger partial charge in [0.2, 0.25) is 5.67 Å². The van der Waals surface area contributed by atoms with Crippen molar-refractivity contribution >= 4 is 11.7 Å². The molecule has 15 heavy (non-hydrogen) atoms. The van der Waals surface area contributed by atoms with E-state index in [0.29, 0.717) is 5.69 Å². The van der Waals surface area contributed by atoms with Gasteiger partial charge < -0.3 is 10.4 Å². The van der Waals surface area contributed by atoms with Crippen LogP contribution < -0.4 is 5.32 Å². The number of benzene rings is 1. The summed E-state index contributed by atoms with van der Waals surface area (Å²) in [6, 6.07) is 7.32. The van der Waals surface area contributed by atoms with Crippen LogP contribution in [0.2, 0.25) is 0 Å². The molecule has 2 N–H and O–H groups in total. The van der Waals surface area contributed by atoms with Gasteiger partial charge in [-0.2, -0.15) is 0 Å². The summed E-state index contributed by atoms with van der Waals surface area (Å²) in [7, 11) is 0. The molecule has 0 bridgehead atoms. The van der Waals surface area contributed by atoms with Crippen LogP contribution >= 0.6 is 0 Å². The van der Waals surface area contributed by atoms with Crippen molar-refractivity contribution in [2.45, 2.75) is 19.5 Å². The number of carbonyl (C=O) groups is 1. The van der Waals surface area contributed by atoms with Gasteiger partial charge in [-0.25, -0.2) is 9.18 Å². The predicted octanol–water partition coefficient (Wildman–Crippen LogP) is 2.22. The fourth-order valence-electron chi connectivity index (χ4n) is 1.02. The Morgan fingerprint density at radius 1 is 1.47 bits per heavy atom. The number of carboxylic acid groups (broad SMARTS) is 1. The van der Waals surface area contributed by atoms with E-state index in [9.17, 15) is 9.18 Å². The quantitative estimate of drug-likeness (QED) is 0.802. The van der Waals surface area contributed by atoms with Gasteiger partial charge in [-0.3, -0.25) is 0 Å². The Bertz CT molecular complexity index is 346. The van der Waals surface area contributed by atoms with Gasteiger partial charge in [-0.05, 0) is 26.0 Å². The maximum Gasteiger partial charge on any atom is 0.343 e. The van der Waals surface area contributed by atoms with E-state index in [2.05, 4.69) is 5.32 Å². The lowest BCUT2D eigenvalue weighted by atomic mass is 10.1. The lowest BCUT2D eigenvalue weighted by Crippen LogP contribution is -2.37. The van der Waals surface area contributed by atoms with Crippen molar-refractivity contribution in [1.82, 2.24) is 0 Å². The summed E-state index contributed by atoms with van der Waals surface area (Å²) < 4.78 is 13.3. The number of nitrogens with one attached hydrogen (secondary N) is 1. The molecule has 0 saturated carbocycles. The summed E-state index contributed by atoms with van der Waals surface area (Å²) in [6.07, 6.45) is 0. The summed E-state index contributed by atoms with van der Waals surface area (Å²) in [5.41, 5.74) is -0.433. The molecule has 1 aromatic rings. The first-order chi connectivity index (χ1) is 6.92. The number of aliphatic carboxylic acids is 1. The zero-order valence-electron chi connectivity index (χ0n) is 8.75. The van der Waals surface area contributed by atoms with Gasteiger partial charge >= 0.3 is 5.97 Å². The molecule has 1 atom stereocenters. The topological polar surface area (TPSA) is 49.3 Å². The molecule has 1 aromatic carbocycles. The Morgan fingerprint density at radius 2 is 2.00 bits per heavy atom. The molecule has 0 spiro atoms. The van der Waals surface area contributed by atoms with E-state index in [-0.39, 0.29) is 6.54 Å². The van der Waals surface area contributed by atoms with Gasteiger partial charge in [-0.15, -0.1) is 0 Å². The van der Waals surface area contributed by atoms with Crippen molar-refractivity contribution < 1.29 is 14.3 Å². The van der Waals surface area contributed by atoms with Crippen LogP contribution in [0, 0.1) is 6.92 Å². The van der Waals surface area contributed by atoms with Gasteiger partial charge in [0.25, 0.3) is 0 Å². The Labute approximate surface area is 87.9 Å². The summed E-state index contributed by atoms with van der Waals surface area (Å²) in [6.45, 7) is 2.74. The number of carboxylic acids is 1. The molecule has 0 aromatic heterocycles. The average Bonchev–Trinajstić information content (AvgIpc) is 2.17. The van der Waals surface area contributed by atoms with E-state index in [0.717, 1.165) is 12.5 Å². The molecule has 0 radical (unpaired) electrons. The monoisotopic (exact) mass is 211 g/mol. The predicted molar refractivity (Wildman–Crippen MR) is 56.8 cm³/mol. The first-order valence-electron chi connectivity index (χ1n) is 4.65. The van der Waals surface area contributed by atoms with Crippen molar-refractivity contribution in [2.24, 2.45) is 0 Å². The molecule has 0 aliphatic carbocycles. The van der Waals surface area contributed by atoms with Crippen LogP contribution in [0.1, 0.15) is 12.5 Å². The number of aryl methyl sites for hydroxylation is 1. The van der Waals surface area contributed by atoms with Gasteiger partial charge in [0.05, 0.1) is 6.54 Å². The smallest absolute Gasteiger partial charge is 0.343 e. The van der Waals surface area contributed by atoms with Crippen LogP contribution in [0.15, 0.2) is 24.3 Å². The summed E-state index contributed by atoms with van der Waals surface area (Å²) >= 11 is 0. The number of anilines is 1. The van der Waals surface area contributed by atoms with Gasteiger partial charge in [-0.1, -0.05) is 17.7 Å². The van der Waals surface area contributed by atoms with Crippen molar-refractivity contribution in [3.63, 3.8) is 0 Å². The Morgan fingerprint density at radius 3 is 2.47 bits per heavy atom. The van der Waals surface area contributed by atoms with E-state index < -0.39 is 11.6 Å². The maximum atomic E-state index is 13.3. The Balaban J connectivity index is 2.57. The summed E-state index contributed by atoms with van der Waals surface area (Å²) in [5.74, 6) is -1.46. The molecule has 4 heteroatoms. The first-order valence-corrected chi connectivity index (χ1v) is 4.65. The molecule has 3 nitrogen and oxygen atoms in total. The molecule has 0 aliphatic heterocycles. The lowest BCUT2D eigenvalue weighted by molar-refractivity contribution is -0.148. The largest absolute Gasteiger partial charge is 0.479 e. The minimum atomic E-state index is -2.25. The molecule has 0 amide bonds. The molecule has 0 saturated heterocycles. The molecule has 1 unspecified atom stereocenters. The van der Waals surface area contributed by atoms with Crippen LogP contribution in [0.3, 0.4) is 0 Å². The van der Waals surface area contributed by atoms with Crippen LogP contribution in [-0.4, -0.2) is 23.3 Å². The molecule has 1 rings (SSSR count). The van der Waals surface area contributed by atoms with Crippen molar-refractivity contribution in [3.05, 3.63) is 29.8 Å². The van der Waals surface area contributed by atoms with E-state index in [1.807, 2.05) is 19.1 Å². The zero-order valence-corrected chi connectivity index (χ0v) is 8.75. The third-order valence-corrected chi connectivity index (χ3v) is 2.12. The van der Waals surface area contributed by atoms with E-state index in [4.69, 9.17) is 5.11 Å². The lowest BCUT2D eigenvalue weighted by Gasteiger charge is -2.16. The Kier molecular flexibility index (Phi) is 3.29. The van der Waals surface area contributed by atoms with Crippen LogP contribution in [-0.2, 0) is 4.79 Å². The Hall–Kier alpha value is -1.58. The third kappa shape index (κ3) is 3.23. The second kappa shape index (κ2) is 4.29. The number of rotatable bonds is 4. The minimum Gasteiger partial charge on any atom is -0.479 e. The summed E-state index contributed by atoms with van der Waals surface area (Å²) in [5, 5.41) is 11.3. The third-order valence-electron chi connectivity index (χ3n) is 2.12. The van der Waals surface area contributed by atoms with Gasteiger partial charge in [0.15, 0.2) is 0 Å². The van der Waals surface area contributed by atoms with Crippen molar-refractivity contribution in [3.8, 4) is 0 Å². The highest BCUT2D eigenvalue weighted by Gasteiger charge is 2.32. The number of halogens is 1. The van der Waals surface area contributed by atoms with Crippen LogP contribution in [0.5, 0.6) is 0 Å². The second-order valence-corrected chi connectivity index (χ2v) is 3.72.